The van der Waals surface area contributed by atoms with Gasteiger partial charge in [0, 0.05) is 5.56 Å². The summed E-state index contributed by atoms with van der Waals surface area (Å²) < 4.78 is 12.7. The SMILES string of the molecule is O=P(O)(O)CSn1cnc2cc(-c3ccc(-c4ccccc4)cc3)c(Cl)cc21. The van der Waals surface area contributed by atoms with Crippen molar-refractivity contribution in [2.45, 2.75) is 0 Å². The summed E-state index contributed by atoms with van der Waals surface area (Å²) in [7, 11) is -4.10. The van der Waals surface area contributed by atoms with Crippen LogP contribution in [0.3, 0.4) is 0 Å². The van der Waals surface area contributed by atoms with Crippen LogP contribution in [0.5, 0.6) is 0 Å². The maximum Gasteiger partial charge on any atom is 0.337 e. The summed E-state index contributed by atoms with van der Waals surface area (Å²) in [4.78, 5) is 22.5. The molecule has 8 heteroatoms. The van der Waals surface area contributed by atoms with Gasteiger partial charge in [0.05, 0.1) is 16.1 Å². The predicted octanol–water partition coefficient (Wildman–Crippen LogP) is 5.66. The molecule has 0 bridgehead atoms. The van der Waals surface area contributed by atoms with Crippen LogP contribution >= 0.6 is 31.1 Å². The van der Waals surface area contributed by atoms with Crippen molar-refractivity contribution in [1.82, 2.24) is 8.96 Å². The molecule has 0 saturated carbocycles. The Morgan fingerprint density at radius 3 is 2.29 bits per heavy atom. The van der Waals surface area contributed by atoms with E-state index >= 15 is 0 Å². The zero-order valence-electron chi connectivity index (χ0n) is 14.6. The molecule has 2 N–H and O–H groups in total. The first kappa shape index (κ1) is 19.2. The molecule has 0 spiro atoms. The molecule has 0 fully saturated rings. The van der Waals surface area contributed by atoms with Crippen LogP contribution in [0.25, 0.3) is 33.3 Å². The van der Waals surface area contributed by atoms with Gasteiger partial charge in [0.15, 0.2) is 0 Å². The molecule has 0 aliphatic carbocycles. The molecule has 1 heterocycles. The minimum atomic E-state index is -4.10. The molecular formula is C20H16ClN2O3PS. The van der Waals surface area contributed by atoms with Crippen molar-refractivity contribution >= 4 is 42.2 Å². The number of rotatable bonds is 5. The fourth-order valence-electron chi connectivity index (χ4n) is 2.94. The van der Waals surface area contributed by atoms with E-state index in [1.165, 1.54) is 0 Å². The second-order valence-corrected chi connectivity index (χ2v) is 9.68. The lowest BCUT2D eigenvalue weighted by molar-refractivity contribution is 0.379. The third kappa shape index (κ3) is 4.17. The lowest BCUT2D eigenvalue weighted by Gasteiger charge is -2.09. The van der Waals surface area contributed by atoms with Crippen molar-refractivity contribution in [3.05, 3.63) is 78.1 Å². The van der Waals surface area contributed by atoms with Gasteiger partial charge in [-0.15, -0.1) is 0 Å². The summed E-state index contributed by atoms with van der Waals surface area (Å²) in [5.74, 6) is 0. The highest BCUT2D eigenvalue weighted by atomic mass is 35.5. The summed E-state index contributed by atoms with van der Waals surface area (Å²) in [6.45, 7) is 0. The number of hydrogen-bond donors (Lipinski definition) is 2. The molecule has 5 nitrogen and oxygen atoms in total. The minimum absolute atomic E-state index is 0.321. The van der Waals surface area contributed by atoms with E-state index in [1.807, 2.05) is 36.4 Å². The summed E-state index contributed by atoms with van der Waals surface area (Å²) in [5.41, 5.74) is 5.22. The first-order valence-corrected chi connectivity index (χ1v) is 11.5. The molecule has 0 aliphatic rings. The smallest absolute Gasteiger partial charge is 0.324 e. The van der Waals surface area contributed by atoms with Crippen LogP contribution in [-0.4, -0.2) is 24.2 Å². The zero-order chi connectivity index (χ0) is 19.7. The Hall–Kier alpha value is -2.08. The van der Waals surface area contributed by atoms with Gasteiger partial charge < -0.3 is 9.79 Å². The van der Waals surface area contributed by atoms with E-state index in [4.69, 9.17) is 21.4 Å². The molecule has 4 aromatic rings. The van der Waals surface area contributed by atoms with Crippen LogP contribution in [0.1, 0.15) is 0 Å². The van der Waals surface area contributed by atoms with Crippen molar-refractivity contribution in [2.24, 2.45) is 0 Å². The first-order valence-electron chi connectivity index (χ1n) is 8.41. The molecule has 0 unspecified atom stereocenters. The molecule has 28 heavy (non-hydrogen) atoms. The molecule has 0 aliphatic heterocycles. The minimum Gasteiger partial charge on any atom is -0.324 e. The summed E-state index contributed by atoms with van der Waals surface area (Å²) in [5, 5.41) is 0.554. The van der Waals surface area contributed by atoms with Crippen LogP contribution in [0.2, 0.25) is 5.02 Å². The lowest BCUT2D eigenvalue weighted by atomic mass is 10.00. The van der Waals surface area contributed by atoms with Crippen LogP contribution in [0.4, 0.5) is 0 Å². The largest absolute Gasteiger partial charge is 0.337 e. The van der Waals surface area contributed by atoms with Gasteiger partial charge in [-0.25, -0.2) is 4.98 Å². The fourth-order valence-corrected chi connectivity index (χ4v) is 4.71. The van der Waals surface area contributed by atoms with E-state index in [1.54, 1.807) is 16.4 Å². The Bertz CT molecular complexity index is 1170. The second kappa shape index (κ2) is 7.74. The number of aromatic nitrogens is 2. The number of halogens is 1. The van der Waals surface area contributed by atoms with Gasteiger partial charge in [-0.05, 0) is 40.8 Å². The van der Waals surface area contributed by atoms with Crippen LogP contribution in [0.15, 0.2) is 73.1 Å². The van der Waals surface area contributed by atoms with E-state index in [-0.39, 0.29) is 5.49 Å². The van der Waals surface area contributed by atoms with Gasteiger partial charge in [-0.3, -0.25) is 8.54 Å². The monoisotopic (exact) mass is 430 g/mol. The quantitative estimate of drug-likeness (QED) is 0.400. The van der Waals surface area contributed by atoms with E-state index in [0.29, 0.717) is 16.1 Å². The highest BCUT2D eigenvalue weighted by Gasteiger charge is 2.16. The van der Waals surface area contributed by atoms with Crippen molar-refractivity contribution in [1.29, 1.82) is 0 Å². The normalized spacial score (nSPS) is 11.8. The predicted molar refractivity (Wildman–Crippen MR) is 116 cm³/mol. The van der Waals surface area contributed by atoms with Gasteiger partial charge in [0.2, 0.25) is 0 Å². The van der Waals surface area contributed by atoms with Crippen molar-refractivity contribution < 1.29 is 14.4 Å². The van der Waals surface area contributed by atoms with Gasteiger partial charge >= 0.3 is 7.60 Å². The van der Waals surface area contributed by atoms with Crippen molar-refractivity contribution in [3.8, 4) is 22.3 Å². The van der Waals surface area contributed by atoms with Crippen molar-refractivity contribution in [3.63, 3.8) is 0 Å². The molecule has 3 aromatic carbocycles. The summed E-state index contributed by atoms with van der Waals surface area (Å²) >= 11 is 7.52. The number of nitrogens with zero attached hydrogens (tertiary/aromatic N) is 2. The molecule has 1 aromatic heterocycles. The van der Waals surface area contributed by atoms with Gasteiger partial charge in [0.25, 0.3) is 0 Å². The molecule has 0 amide bonds. The van der Waals surface area contributed by atoms with Gasteiger partial charge in [-0.2, -0.15) is 0 Å². The molecule has 142 valence electrons. The standard InChI is InChI=1S/C20H16ClN2O3PS/c21-18-11-20-19(22-12-23(20)28-13-27(24,25)26)10-17(18)16-8-6-15(7-9-16)14-4-2-1-3-5-14/h1-12H,13H2,(H2,24,25,26). The van der Waals surface area contributed by atoms with Crippen LogP contribution in [-0.2, 0) is 4.57 Å². The first-order chi connectivity index (χ1) is 13.4. The van der Waals surface area contributed by atoms with Crippen LogP contribution < -0.4 is 0 Å². The number of benzene rings is 3. The molecular weight excluding hydrogens is 415 g/mol. The number of hydrogen-bond acceptors (Lipinski definition) is 3. The Balaban J connectivity index is 1.66. The summed E-state index contributed by atoms with van der Waals surface area (Å²) in [6.07, 6.45) is 1.55. The number of fused-ring (bicyclic) bond motifs is 1. The average Bonchev–Trinajstić information content (AvgIpc) is 3.08. The highest BCUT2D eigenvalue weighted by molar-refractivity contribution is 8.03. The Morgan fingerprint density at radius 1 is 0.964 bits per heavy atom. The second-order valence-electron chi connectivity index (χ2n) is 6.26. The van der Waals surface area contributed by atoms with Crippen molar-refractivity contribution in [2.75, 3.05) is 5.49 Å². The summed E-state index contributed by atoms with van der Waals surface area (Å²) in [6, 6.07) is 22.0. The molecule has 4 rings (SSSR count). The Kier molecular flexibility index (Phi) is 5.32. The van der Waals surface area contributed by atoms with Crippen LogP contribution in [0, 0.1) is 0 Å². The number of imidazole rings is 1. The van der Waals surface area contributed by atoms with Gasteiger partial charge in [-0.1, -0.05) is 66.2 Å². The van der Waals surface area contributed by atoms with E-state index in [0.717, 1.165) is 34.2 Å². The lowest BCUT2D eigenvalue weighted by Crippen LogP contribution is -1.90. The van der Waals surface area contributed by atoms with E-state index in [9.17, 15) is 4.57 Å². The zero-order valence-corrected chi connectivity index (χ0v) is 17.0. The van der Waals surface area contributed by atoms with E-state index in [2.05, 4.69) is 29.2 Å². The van der Waals surface area contributed by atoms with Gasteiger partial charge in [0.1, 0.15) is 11.8 Å². The molecule has 0 saturated heterocycles. The topological polar surface area (TPSA) is 75.3 Å². The third-order valence-electron chi connectivity index (χ3n) is 4.27. The van der Waals surface area contributed by atoms with E-state index < -0.39 is 7.60 Å². The molecule has 0 radical (unpaired) electrons. The maximum atomic E-state index is 11.1. The average molecular weight is 431 g/mol. The maximum absolute atomic E-state index is 11.1. The fraction of sp³-hybridized carbons (Fsp3) is 0.0500. The Labute approximate surface area is 171 Å². The molecule has 0 atom stereocenters. The Morgan fingerprint density at radius 2 is 1.61 bits per heavy atom. The third-order valence-corrected chi connectivity index (χ3v) is 6.96. The highest BCUT2D eigenvalue weighted by Crippen LogP contribution is 2.40.